The van der Waals surface area contributed by atoms with Crippen molar-refractivity contribution >= 4 is 50.8 Å². The summed E-state index contributed by atoms with van der Waals surface area (Å²) in [6.07, 6.45) is 1.73. The number of amides is 2. The number of hydrogen-bond acceptors (Lipinski definition) is 6. The van der Waals surface area contributed by atoms with E-state index in [1.54, 1.807) is 31.3 Å². The van der Waals surface area contributed by atoms with Gasteiger partial charge in [0.2, 0.25) is 0 Å². The average molecular weight is 394 g/mol. The van der Waals surface area contributed by atoms with Crippen molar-refractivity contribution in [1.82, 2.24) is 4.90 Å². The number of hydrogen-bond donors (Lipinski definition) is 0. The fraction of sp³-hybridized carbons (Fsp3) is 0.150. The number of imide groups is 1. The standard InChI is InChI=1S/C20H14N2O3S2/c1-3-22-19(23)13(11(2)14(10-21)20(22)24)7-12-8-15-18(27-12)9-16(25-15)17-5-4-6-26-17/h4-9H,3H2,1-2H3/b13-7-. The summed E-state index contributed by atoms with van der Waals surface area (Å²) in [5, 5.41) is 11.3. The second-order valence-corrected chi connectivity index (χ2v) is 8.05. The zero-order valence-electron chi connectivity index (χ0n) is 14.6. The molecular weight excluding hydrogens is 380 g/mol. The van der Waals surface area contributed by atoms with Gasteiger partial charge in [0.25, 0.3) is 11.8 Å². The molecular formula is C20H14N2O3S2. The summed E-state index contributed by atoms with van der Waals surface area (Å²) in [4.78, 5) is 27.9. The molecule has 1 aliphatic rings. The van der Waals surface area contributed by atoms with E-state index in [2.05, 4.69) is 0 Å². The first-order chi connectivity index (χ1) is 13.0. The minimum atomic E-state index is -0.528. The van der Waals surface area contributed by atoms with Crippen LogP contribution in [0.5, 0.6) is 0 Å². The number of carbonyl (C=O) groups excluding carboxylic acids is 2. The lowest BCUT2D eigenvalue weighted by Crippen LogP contribution is -2.42. The summed E-state index contributed by atoms with van der Waals surface area (Å²) in [7, 11) is 0. The Balaban J connectivity index is 1.77. The highest BCUT2D eigenvalue weighted by molar-refractivity contribution is 7.20. The van der Waals surface area contributed by atoms with E-state index in [9.17, 15) is 14.9 Å². The SMILES string of the molecule is CCN1C(=O)C(C#N)=C(C)/C(=C/c2cc3oc(-c4cccs4)cc3s2)C1=O. The van der Waals surface area contributed by atoms with Gasteiger partial charge in [0.05, 0.1) is 9.58 Å². The van der Waals surface area contributed by atoms with E-state index in [4.69, 9.17) is 4.42 Å². The molecule has 0 saturated carbocycles. The molecule has 0 saturated heterocycles. The number of fused-ring (bicyclic) bond motifs is 1. The first kappa shape index (κ1) is 17.5. The molecule has 0 aromatic carbocycles. The van der Waals surface area contributed by atoms with Crippen molar-refractivity contribution < 1.29 is 14.0 Å². The summed E-state index contributed by atoms with van der Waals surface area (Å²) in [5.74, 6) is -0.0757. The molecule has 0 spiro atoms. The van der Waals surface area contributed by atoms with Crippen LogP contribution in [0.25, 0.3) is 27.0 Å². The number of rotatable bonds is 3. The van der Waals surface area contributed by atoms with Gasteiger partial charge in [-0.15, -0.1) is 22.7 Å². The highest BCUT2D eigenvalue weighted by Crippen LogP contribution is 2.37. The van der Waals surface area contributed by atoms with Gasteiger partial charge < -0.3 is 4.42 Å². The third-order valence-corrected chi connectivity index (χ3v) is 6.31. The minimum Gasteiger partial charge on any atom is -0.454 e. The highest BCUT2D eigenvalue weighted by atomic mass is 32.1. The summed E-state index contributed by atoms with van der Waals surface area (Å²) < 4.78 is 6.90. The fourth-order valence-corrected chi connectivity index (χ4v) is 4.67. The predicted molar refractivity (Wildman–Crippen MR) is 106 cm³/mol. The molecule has 1 aliphatic heterocycles. The molecule has 27 heavy (non-hydrogen) atoms. The van der Waals surface area contributed by atoms with Crippen LogP contribution in [0.3, 0.4) is 0 Å². The molecule has 4 rings (SSSR count). The van der Waals surface area contributed by atoms with Crippen molar-refractivity contribution in [2.24, 2.45) is 0 Å². The van der Waals surface area contributed by atoms with Gasteiger partial charge in [-0.3, -0.25) is 14.5 Å². The smallest absolute Gasteiger partial charge is 0.271 e. The summed E-state index contributed by atoms with van der Waals surface area (Å²) >= 11 is 3.12. The summed E-state index contributed by atoms with van der Waals surface area (Å²) in [6.45, 7) is 3.58. The Morgan fingerprint density at radius 2 is 2.11 bits per heavy atom. The topological polar surface area (TPSA) is 74.3 Å². The minimum absolute atomic E-state index is 0.0166. The van der Waals surface area contributed by atoms with Gasteiger partial charge in [-0.05, 0) is 43.0 Å². The van der Waals surface area contributed by atoms with E-state index >= 15 is 0 Å². The van der Waals surface area contributed by atoms with Gasteiger partial charge in [-0.2, -0.15) is 5.26 Å². The largest absolute Gasteiger partial charge is 0.454 e. The second-order valence-electron chi connectivity index (χ2n) is 5.99. The molecule has 7 heteroatoms. The maximum absolute atomic E-state index is 12.7. The third kappa shape index (κ3) is 2.83. The van der Waals surface area contributed by atoms with Crippen molar-refractivity contribution in [2.75, 3.05) is 6.54 Å². The Labute approximate surface area is 163 Å². The van der Waals surface area contributed by atoms with Gasteiger partial charge in [-0.1, -0.05) is 6.07 Å². The lowest BCUT2D eigenvalue weighted by atomic mass is 9.95. The average Bonchev–Trinajstić information content (AvgIpc) is 3.35. The Hall–Kier alpha value is -2.95. The Bertz CT molecular complexity index is 1140. The van der Waals surface area contributed by atoms with Gasteiger partial charge in [-0.25, -0.2) is 0 Å². The number of nitriles is 1. The van der Waals surface area contributed by atoms with Crippen molar-refractivity contribution in [2.45, 2.75) is 13.8 Å². The Morgan fingerprint density at radius 3 is 2.74 bits per heavy atom. The van der Waals surface area contributed by atoms with Crippen LogP contribution in [-0.4, -0.2) is 23.3 Å². The molecule has 0 radical (unpaired) electrons. The van der Waals surface area contributed by atoms with Gasteiger partial charge in [0, 0.05) is 23.1 Å². The van der Waals surface area contributed by atoms with Gasteiger partial charge >= 0.3 is 0 Å². The molecule has 134 valence electrons. The number of likely N-dealkylation sites (N-methyl/N-ethyl adjacent to an activating group) is 1. The number of thiophene rings is 2. The lowest BCUT2D eigenvalue weighted by Gasteiger charge is -2.26. The molecule has 4 heterocycles. The third-order valence-electron chi connectivity index (χ3n) is 4.42. The van der Waals surface area contributed by atoms with Gasteiger partial charge in [0.15, 0.2) is 0 Å². The molecule has 0 unspecified atom stereocenters. The molecule has 0 N–H and O–H groups in total. The van der Waals surface area contributed by atoms with Gasteiger partial charge in [0.1, 0.15) is 23.0 Å². The van der Waals surface area contributed by atoms with E-state index in [0.29, 0.717) is 11.1 Å². The first-order valence-electron chi connectivity index (χ1n) is 8.30. The molecule has 3 aromatic heterocycles. The number of carbonyl (C=O) groups is 2. The summed E-state index contributed by atoms with van der Waals surface area (Å²) in [6, 6.07) is 9.78. The van der Waals surface area contributed by atoms with E-state index in [-0.39, 0.29) is 18.0 Å². The zero-order valence-corrected chi connectivity index (χ0v) is 16.2. The quantitative estimate of drug-likeness (QED) is 0.471. The molecule has 2 amide bonds. The monoisotopic (exact) mass is 394 g/mol. The van der Waals surface area contributed by atoms with Crippen LogP contribution in [0, 0.1) is 11.3 Å². The number of nitrogens with zero attached hydrogens (tertiary/aromatic N) is 2. The van der Waals surface area contributed by atoms with Crippen LogP contribution in [0.2, 0.25) is 0 Å². The molecule has 5 nitrogen and oxygen atoms in total. The van der Waals surface area contributed by atoms with Crippen LogP contribution in [0.15, 0.2) is 50.8 Å². The highest BCUT2D eigenvalue weighted by Gasteiger charge is 2.34. The van der Waals surface area contributed by atoms with Crippen LogP contribution in [0.4, 0.5) is 0 Å². The van der Waals surface area contributed by atoms with Crippen molar-refractivity contribution in [3.8, 4) is 16.7 Å². The van der Waals surface area contributed by atoms with Crippen LogP contribution in [0.1, 0.15) is 18.7 Å². The van der Waals surface area contributed by atoms with Crippen molar-refractivity contribution in [3.63, 3.8) is 0 Å². The zero-order chi connectivity index (χ0) is 19.1. The predicted octanol–water partition coefficient (Wildman–Crippen LogP) is 4.83. The van der Waals surface area contributed by atoms with E-state index in [1.807, 2.05) is 35.7 Å². The molecule has 0 bridgehead atoms. The van der Waals surface area contributed by atoms with Crippen LogP contribution < -0.4 is 0 Å². The maximum atomic E-state index is 12.7. The van der Waals surface area contributed by atoms with E-state index in [0.717, 1.165) is 30.7 Å². The Morgan fingerprint density at radius 1 is 1.30 bits per heavy atom. The van der Waals surface area contributed by atoms with Crippen LogP contribution in [-0.2, 0) is 9.59 Å². The van der Waals surface area contributed by atoms with E-state index in [1.165, 1.54) is 11.3 Å². The van der Waals surface area contributed by atoms with Crippen molar-refractivity contribution in [3.05, 3.63) is 51.2 Å². The van der Waals surface area contributed by atoms with Crippen molar-refractivity contribution in [1.29, 1.82) is 5.26 Å². The molecule has 0 atom stereocenters. The normalized spacial score (nSPS) is 16.6. The first-order valence-corrected chi connectivity index (χ1v) is 9.99. The molecule has 0 fully saturated rings. The second kappa shape index (κ2) is 6.65. The lowest BCUT2D eigenvalue weighted by molar-refractivity contribution is -0.140. The number of furan rings is 1. The maximum Gasteiger partial charge on any atom is 0.271 e. The van der Waals surface area contributed by atoms with Crippen LogP contribution >= 0.6 is 22.7 Å². The molecule has 0 aliphatic carbocycles. The summed E-state index contributed by atoms with van der Waals surface area (Å²) in [5.41, 5.74) is 1.56. The fourth-order valence-electron chi connectivity index (χ4n) is 3.02. The molecule has 3 aromatic rings. The Kier molecular flexibility index (Phi) is 4.30. The van der Waals surface area contributed by atoms with E-state index < -0.39 is 5.91 Å².